The average Bonchev–Trinajstić information content (AvgIpc) is 2.56. The van der Waals surface area contributed by atoms with Crippen molar-refractivity contribution >= 4 is 5.97 Å². The van der Waals surface area contributed by atoms with Crippen LogP contribution in [0.2, 0.25) is 0 Å². The third kappa shape index (κ3) is 3.30. The van der Waals surface area contributed by atoms with E-state index in [-0.39, 0.29) is 18.1 Å². The fourth-order valence-corrected chi connectivity index (χ4v) is 2.58. The number of rotatable bonds is 4. The topological polar surface area (TPSA) is 50.2 Å². The van der Waals surface area contributed by atoms with Gasteiger partial charge >= 0.3 is 5.97 Å². The number of nitrogens with zero attached hydrogens (tertiary/aromatic N) is 1. The number of aromatic nitrogens is 1. The molecule has 120 valence electrons. The summed E-state index contributed by atoms with van der Waals surface area (Å²) in [5.74, 6) is -1.73. The SMILES string of the molecule is O=C(O)Cc1ccnc(-c2ccc(F)cc2)c1-c1ccc(F)cc1. The molecule has 0 aliphatic carbocycles. The molecule has 0 radical (unpaired) electrons. The fraction of sp³-hybridized carbons (Fsp3) is 0.0526. The number of halogens is 2. The maximum Gasteiger partial charge on any atom is 0.307 e. The van der Waals surface area contributed by atoms with Crippen molar-refractivity contribution in [3.8, 4) is 22.4 Å². The summed E-state index contributed by atoms with van der Waals surface area (Å²) in [5.41, 5.74) is 3.00. The van der Waals surface area contributed by atoms with Crippen LogP contribution in [0.15, 0.2) is 60.8 Å². The van der Waals surface area contributed by atoms with E-state index in [4.69, 9.17) is 5.11 Å². The molecule has 0 amide bonds. The number of benzene rings is 2. The molecule has 3 nitrogen and oxygen atoms in total. The van der Waals surface area contributed by atoms with Crippen molar-refractivity contribution in [3.63, 3.8) is 0 Å². The highest BCUT2D eigenvalue weighted by atomic mass is 19.1. The molecule has 0 spiro atoms. The molecule has 0 fully saturated rings. The van der Waals surface area contributed by atoms with E-state index in [0.29, 0.717) is 27.9 Å². The number of carboxylic acid groups (broad SMARTS) is 1. The molecular weight excluding hydrogens is 312 g/mol. The Morgan fingerprint density at radius 2 is 1.42 bits per heavy atom. The average molecular weight is 325 g/mol. The van der Waals surface area contributed by atoms with E-state index in [1.165, 1.54) is 30.5 Å². The van der Waals surface area contributed by atoms with E-state index in [2.05, 4.69) is 4.98 Å². The zero-order valence-electron chi connectivity index (χ0n) is 12.5. The van der Waals surface area contributed by atoms with Gasteiger partial charge in [-0.25, -0.2) is 8.78 Å². The van der Waals surface area contributed by atoms with Crippen LogP contribution in [0.3, 0.4) is 0 Å². The molecule has 1 N–H and O–H groups in total. The van der Waals surface area contributed by atoms with Gasteiger partial charge in [-0.2, -0.15) is 0 Å². The maximum atomic E-state index is 13.2. The van der Waals surface area contributed by atoms with Crippen LogP contribution in [0.4, 0.5) is 8.78 Å². The van der Waals surface area contributed by atoms with Gasteiger partial charge in [0.2, 0.25) is 0 Å². The largest absolute Gasteiger partial charge is 0.481 e. The Morgan fingerprint density at radius 1 is 0.875 bits per heavy atom. The molecule has 0 aliphatic rings. The second kappa shape index (κ2) is 6.58. The lowest BCUT2D eigenvalue weighted by Crippen LogP contribution is -2.04. The van der Waals surface area contributed by atoms with Crippen LogP contribution in [-0.2, 0) is 11.2 Å². The van der Waals surface area contributed by atoms with Gasteiger partial charge in [-0.1, -0.05) is 12.1 Å². The van der Waals surface area contributed by atoms with Crippen LogP contribution in [0.5, 0.6) is 0 Å². The Labute approximate surface area is 137 Å². The molecule has 24 heavy (non-hydrogen) atoms. The lowest BCUT2D eigenvalue weighted by atomic mass is 9.93. The number of carbonyl (C=O) groups is 1. The standard InChI is InChI=1S/C19H13F2NO2/c20-15-5-1-12(2-6-15)18-14(11-17(23)24)9-10-22-19(18)13-3-7-16(21)8-4-13/h1-10H,11H2,(H,23,24). The van der Waals surface area contributed by atoms with Crippen molar-refractivity contribution < 1.29 is 18.7 Å². The van der Waals surface area contributed by atoms with E-state index >= 15 is 0 Å². The molecule has 0 saturated carbocycles. The van der Waals surface area contributed by atoms with Crippen molar-refractivity contribution in [2.24, 2.45) is 0 Å². The van der Waals surface area contributed by atoms with Crippen molar-refractivity contribution in [2.75, 3.05) is 0 Å². The van der Waals surface area contributed by atoms with E-state index in [1.807, 2.05) is 0 Å². The second-order valence-corrected chi connectivity index (χ2v) is 5.28. The van der Waals surface area contributed by atoms with Gasteiger partial charge in [0.15, 0.2) is 0 Å². The van der Waals surface area contributed by atoms with Gasteiger partial charge in [0.25, 0.3) is 0 Å². The molecule has 0 aliphatic heterocycles. The smallest absolute Gasteiger partial charge is 0.307 e. The molecule has 1 aromatic heterocycles. The number of hydrogen-bond acceptors (Lipinski definition) is 2. The number of aliphatic carboxylic acids is 1. The summed E-state index contributed by atoms with van der Waals surface area (Å²) in [6.45, 7) is 0. The minimum Gasteiger partial charge on any atom is -0.481 e. The monoisotopic (exact) mass is 325 g/mol. The first-order chi connectivity index (χ1) is 11.5. The van der Waals surface area contributed by atoms with Crippen molar-refractivity contribution in [3.05, 3.63) is 78.0 Å². The molecule has 3 aromatic rings. The van der Waals surface area contributed by atoms with Crippen LogP contribution in [0.1, 0.15) is 5.56 Å². The van der Waals surface area contributed by atoms with Crippen LogP contribution < -0.4 is 0 Å². The van der Waals surface area contributed by atoms with Crippen molar-refractivity contribution in [1.82, 2.24) is 4.98 Å². The summed E-state index contributed by atoms with van der Waals surface area (Å²) in [6.07, 6.45) is 1.33. The van der Waals surface area contributed by atoms with Gasteiger partial charge in [0.1, 0.15) is 11.6 Å². The third-order valence-electron chi connectivity index (χ3n) is 3.63. The Balaban J connectivity index is 2.22. The highest BCUT2D eigenvalue weighted by molar-refractivity contribution is 5.85. The fourth-order valence-electron chi connectivity index (χ4n) is 2.58. The lowest BCUT2D eigenvalue weighted by Gasteiger charge is -2.14. The molecule has 2 aromatic carbocycles. The quantitative estimate of drug-likeness (QED) is 0.777. The van der Waals surface area contributed by atoms with E-state index in [9.17, 15) is 13.6 Å². The molecule has 1 heterocycles. The maximum absolute atomic E-state index is 13.2. The molecule has 0 unspecified atom stereocenters. The highest BCUT2D eigenvalue weighted by Crippen LogP contribution is 2.33. The van der Waals surface area contributed by atoms with Crippen LogP contribution in [0, 0.1) is 11.6 Å². The Kier molecular flexibility index (Phi) is 4.33. The summed E-state index contributed by atoms with van der Waals surface area (Å²) in [7, 11) is 0. The molecule has 3 rings (SSSR count). The number of hydrogen-bond donors (Lipinski definition) is 1. The van der Waals surface area contributed by atoms with Gasteiger partial charge in [-0.15, -0.1) is 0 Å². The predicted octanol–water partition coefficient (Wildman–Crippen LogP) is 4.32. The predicted molar refractivity (Wildman–Crippen MR) is 86.4 cm³/mol. The Hall–Kier alpha value is -3.08. The van der Waals surface area contributed by atoms with Gasteiger partial charge in [-0.05, 0) is 53.6 Å². The summed E-state index contributed by atoms with van der Waals surface area (Å²) < 4.78 is 26.4. The molecule has 0 atom stereocenters. The van der Waals surface area contributed by atoms with Crippen molar-refractivity contribution in [1.29, 1.82) is 0 Å². The van der Waals surface area contributed by atoms with Gasteiger partial charge in [-0.3, -0.25) is 9.78 Å². The molecule has 5 heteroatoms. The molecular formula is C19H13F2NO2. The Bertz CT molecular complexity index is 875. The minimum absolute atomic E-state index is 0.191. The number of carboxylic acids is 1. The number of pyridine rings is 1. The second-order valence-electron chi connectivity index (χ2n) is 5.28. The van der Waals surface area contributed by atoms with Gasteiger partial charge < -0.3 is 5.11 Å². The van der Waals surface area contributed by atoms with E-state index < -0.39 is 5.97 Å². The molecule has 0 saturated heterocycles. The van der Waals surface area contributed by atoms with Crippen LogP contribution in [0.25, 0.3) is 22.4 Å². The highest BCUT2D eigenvalue weighted by Gasteiger charge is 2.16. The summed E-state index contributed by atoms with van der Waals surface area (Å²) in [4.78, 5) is 15.5. The summed E-state index contributed by atoms with van der Waals surface area (Å²) in [5, 5.41) is 9.15. The first kappa shape index (κ1) is 15.8. The lowest BCUT2D eigenvalue weighted by molar-refractivity contribution is -0.136. The van der Waals surface area contributed by atoms with Crippen molar-refractivity contribution in [2.45, 2.75) is 6.42 Å². The Morgan fingerprint density at radius 3 is 1.96 bits per heavy atom. The van der Waals surface area contributed by atoms with Crippen LogP contribution >= 0.6 is 0 Å². The zero-order valence-corrected chi connectivity index (χ0v) is 12.5. The van der Waals surface area contributed by atoms with Gasteiger partial charge in [0.05, 0.1) is 12.1 Å². The summed E-state index contributed by atoms with van der Waals surface area (Å²) >= 11 is 0. The van der Waals surface area contributed by atoms with Crippen LogP contribution in [-0.4, -0.2) is 16.1 Å². The van der Waals surface area contributed by atoms with Gasteiger partial charge in [0, 0.05) is 17.3 Å². The minimum atomic E-state index is -0.977. The molecule has 0 bridgehead atoms. The van der Waals surface area contributed by atoms with E-state index in [1.54, 1.807) is 30.3 Å². The third-order valence-corrected chi connectivity index (χ3v) is 3.63. The zero-order chi connectivity index (χ0) is 17.1. The van der Waals surface area contributed by atoms with E-state index in [0.717, 1.165) is 0 Å². The summed E-state index contributed by atoms with van der Waals surface area (Å²) in [6, 6.07) is 13.2. The normalized spacial score (nSPS) is 10.6. The first-order valence-corrected chi connectivity index (χ1v) is 7.26. The first-order valence-electron chi connectivity index (χ1n) is 7.26.